The standard InChI is InChI=1S/C19H25NO/c1-5-12-20-19(16-9-6-14(2)7-10-16)17-11-8-15(3)13-18(17)21-4/h6-11,13,19-20H,5,12H2,1-4H3. The minimum absolute atomic E-state index is 0.168. The minimum atomic E-state index is 0.168. The molecule has 0 saturated carbocycles. The number of methoxy groups -OCH3 is 1. The van der Waals surface area contributed by atoms with Crippen LogP contribution in [-0.2, 0) is 0 Å². The van der Waals surface area contributed by atoms with Gasteiger partial charge in [0.2, 0.25) is 0 Å². The van der Waals surface area contributed by atoms with Crippen LogP contribution in [0, 0.1) is 13.8 Å². The number of hydrogen-bond acceptors (Lipinski definition) is 2. The lowest BCUT2D eigenvalue weighted by Gasteiger charge is -2.22. The third kappa shape index (κ3) is 3.85. The highest BCUT2D eigenvalue weighted by atomic mass is 16.5. The summed E-state index contributed by atoms with van der Waals surface area (Å²) in [6.45, 7) is 7.37. The van der Waals surface area contributed by atoms with Crippen molar-refractivity contribution in [3.05, 3.63) is 64.7 Å². The molecule has 2 heteroatoms. The largest absolute Gasteiger partial charge is 0.496 e. The molecule has 2 aromatic rings. The number of nitrogens with one attached hydrogen (secondary N) is 1. The molecule has 2 rings (SSSR count). The van der Waals surface area contributed by atoms with Crippen LogP contribution in [0.1, 0.15) is 41.6 Å². The number of ether oxygens (including phenoxy) is 1. The van der Waals surface area contributed by atoms with E-state index < -0.39 is 0 Å². The van der Waals surface area contributed by atoms with E-state index in [4.69, 9.17) is 4.74 Å². The van der Waals surface area contributed by atoms with Gasteiger partial charge in [-0.25, -0.2) is 0 Å². The Kier molecular flexibility index (Phi) is 5.40. The second-order valence-corrected chi connectivity index (χ2v) is 5.54. The summed E-state index contributed by atoms with van der Waals surface area (Å²) in [6, 6.07) is 15.3. The zero-order valence-electron chi connectivity index (χ0n) is 13.4. The molecule has 0 aliphatic heterocycles. The van der Waals surface area contributed by atoms with E-state index in [1.807, 2.05) is 0 Å². The molecule has 0 heterocycles. The molecule has 0 radical (unpaired) electrons. The average molecular weight is 283 g/mol. The van der Waals surface area contributed by atoms with Crippen LogP contribution in [0.5, 0.6) is 5.75 Å². The molecule has 1 atom stereocenters. The quantitative estimate of drug-likeness (QED) is 0.848. The molecule has 0 amide bonds. The van der Waals surface area contributed by atoms with Gasteiger partial charge in [-0.15, -0.1) is 0 Å². The van der Waals surface area contributed by atoms with Crippen molar-refractivity contribution in [2.45, 2.75) is 33.2 Å². The Morgan fingerprint density at radius 3 is 2.29 bits per heavy atom. The molecule has 0 aromatic heterocycles. The second kappa shape index (κ2) is 7.28. The van der Waals surface area contributed by atoms with Gasteiger partial charge < -0.3 is 10.1 Å². The molecule has 21 heavy (non-hydrogen) atoms. The molecule has 2 nitrogen and oxygen atoms in total. The predicted molar refractivity (Wildman–Crippen MR) is 89.0 cm³/mol. The van der Waals surface area contributed by atoms with Crippen LogP contribution in [0.4, 0.5) is 0 Å². The predicted octanol–water partition coefficient (Wildman–Crippen LogP) is 4.40. The molecule has 0 spiro atoms. The van der Waals surface area contributed by atoms with E-state index >= 15 is 0 Å². The average Bonchev–Trinajstić information content (AvgIpc) is 2.50. The van der Waals surface area contributed by atoms with Crippen LogP contribution in [0.25, 0.3) is 0 Å². The SMILES string of the molecule is CCCNC(c1ccc(C)cc1)c1ccc(C)cc1OC. The molecule has 1 unspecified atom stereocenters. The normalized spacial score (nSPS) is 12.2. The van der Waals surface area contributed by atoms with Crippen LogP contribution in [0.2, 0.25) is 0 Å². The fourth-order valence-corrected chi connectivity index (χ4v) is 2.51. The van der Waals surface area contributed by atoms with Crippen molar-refractivity contribution >= 4 is 0 Å². The first kappa shape index (κ1) is 15.6. The maximum Gasteiger partial charge on any atom is 0.124 e. The zero-order chi connectivity index (χ0) is 15.2. The lowest BCUT2D eigenvalue weighted by atomic mass is 9.96. The van der Waals surface area contributed by atoms with E-state index in [9.17, 15) is 0 Å². The minimum Gasteiger partial charge on any atom is -0.496 e. The van der Waals surface area contributed by atoms with E-state index in [1.54, 1.807) is 7.11 Å². The van der Waals surface area contributed by atoms with Crippen molar-refractivity contribution in [3.8, 4) is 5.75 Å². The molecule has 0 saturated heterocycles. The molecule has 0 bridgehead atoms. The van der Waals surface area contributed by atoms with Crippen LogP contribution in [0.15, 0.2) is 42.5 Å². The topological polar surface area (TPSA) is 21.3 Å². The van der Waals surface area contributed by atoms with Gasteiger partial charge in [-0.05, 0) is 44.0 Å². The van der Waals surface area contributed by atoms with Gasteiger partial charge in [-0.1, -0.05) is 48.9 Å². The Balaban J connectivity index is 2.42. The summed E-state index contributed by atoms with van der Waals surface area (Å²) in [5.41, 5.74) is 4.97. The van der Waals surface area contributed by atoms with Crippen molar-refractivity contribution in [1.82, 2.24) is 5.32 Å². The van der Waals surface area contributed by atoms with Gasteiger partial charge in [0.25, 0.3) is 0 Å². The molecule has 0 aliphatic carbocycles. The second-order valence-electron chi connectivity index (χ2n) is 5.54. The van der Waals surface area contributed by atoms with Crippen LogP contribution in [0.3, 0.4) is 0 Å². The third-order valence-electron chi connectivity index (χ3n) is 3.71. The van der Waals surface area contributed by atoms with Crippen molar-refractivity contribution in [2.24, 2.45) is 0 Å². The van der Waals surface area contributed by atoms with Gasteiger partial charge in [0.05, 0.1) is 13.2 Å². The molecule has 2 aromatic carbocycles. The first-order valence-corrected chi connectivity index (χ1v) is 7.60. The summed E-state index contributed by atoms with van der Waals surface area (Å²) in [5, 5.41) is 3.64. The highest BCUT2D eigenvalue weighted by Gasteiger charge is 2.17. The Labute approximate surface area is 128 Å². The van der Waals surface area contributed by atoms with Gasteiger partial charge in [0.15, 0.2) is 0 Å². The molecule has 0 fully saturated rings. The molecule has 1 N–H and O–H groups in total. The lowest BCUT2D eigenvalue weighted by Crippen LogP contribution is -2.23. The molecular weight excluding hydrogens is 258 g/mol. The van der Waals surface area contributed by atoms with Crippen molar-refractivity contribution in [1.29, 1.82) is 0 Å². The van der Waals surface area contributed by atoms with Gasteiger partial charge in [-0.3, -0.25) is 0 Å². The monoisotopic (exact) mass is 283 g/mol. The Hall–Kier alpha value is -1.80. The Bertz CT molecular complexity index is 575. The van der Waals surface area contributed by atoms with Gasteiger partial charge in [0.1, 0.15) is 5.75 Å². The summed E-state index contributed by atoms with van der Waals surface area (Å²) in [4.78, 5) is 0. The first-order chi connectivity index (χ1) is 10.2. The number of rotatable bonds is 6. The Morgan fingerprint density at radius 2 is 1.67 bits per heavy atom. The smallest absolute Gasteiger partial charge is 0.124 e. The summed E-state index contributed by atoms with van der Waals surface area (Å²) >= 11 is 0. The lowest BCUT2D eigenvalue weighted by molar-refractivity contribution is 0.403. The van der Waals surface area contributed by atoms with Crippen molar-refractivity contribution in [3.63, 3.8) is 0 Å². The van der Waals surface area contributed by atoms with Gasteiger partial charge in [0, 0.05) is 5.56 Å². The third-order valence-corrected chi connectivity index (χ3v) is 3.71. The summed E-state index contributed by atoms with van der Waals surface area (Å²) < 4.78 is 5.59. The number of aryl methyl sites for hydroxylation is 2. The highest BCUT2D eigenvalue weighted by molar-refractivity contribution is 5.44. The molecular formula is C19H25NO. The van der Waals surface area contributed by atoms with Crippen LogP contribution in [-0.4, -0.2) is 13.7 Å². The van der Waals surface area contributed by atoms with Gasteiger partial charge >= 0.3 is 0 Å². The maximum atomic E-state index is 5.59. The van der Waals surface area contributed by atoms with E-state index in [-0.39, 0.29) is 6.04 Å². The summed E-state index contributed by atoms with van der Waals surface area (Å²) in [5.74, 6) is 0.948. The van der Waals surface area contributed by atoms with Gasteiger partial charge in [-0.2, -0.15) is 0 Å². The van der Waals surface area contributed by atoms with E-state index in [2.05, 4.69) is 68.6 Å². The van der Waals surface area contributed by atoms with E-state index in [0.717, 1.165) is 18.7 Å². The maximum absolute atomic E-state index is 5.59. The van der Waals surface area contributed by atoms with E-state index in [0.29, 0.717) is 0 Å². The van der Waals surface area contributed by atoms with Crippen molar-refractivity contribution < 1.29 is 4.74 Å². The molecule has 0 aliphatic rings. The fourth-order valence-electron chi connectivity index (χ4n) is 2.51. The fraction of sp³-hybridized carbons (Fsp3) is 0.368. The highest BCUT2D eigenvalue weighted by Crippen LogP contribution is 2.31. The Morgan fingerprint density at radius 1 is 1.00 bits per heavy atom. The number of hydrogen-bond donors (Lipinski definition) is 1. The van der Waals surface area contributed by atoms with Crippen molar-refractivity contribution in [2.75, 3.05) is 13.7 Å². The molecule has 112 valence electrons. The van der Waals surface area contributed by atoms with Crippen LogP contribution >= 0.6 is 0 Å². The summed E-state index contributed by atoms with van der Waals surface area (Å²) in [7, 11) is 1.74. The number of benzene rings is 2. The zero-order valence-corrected chi connectivity index (χ0v) is 13.4. The van der Waals surface area contributed by atoms with Crippen LogP contribution < -0.4 is 10.1 Å². The van der Waals surface area contributed by atoms with E-state index in [1.165, 1.54) is 22.3 Å². The first-order valence-electron chi connectivity index (χ1n) is 7.60. The summed E-state index contributed by atoms with van der Waals surface area (Å²) in [6.07, 6.45) is 1.11.